The molecule has 2 fully saturated rings. The lowest BCUT2D eigenvalue weighted by molar-refractivity contribution is -0.168. The zero-order valence-corrected chi connectivity index (χ0v) is 23.0. The fourth-order valence-electron chi connectivity index (χ4n) is 7.10. The Morgan fingerprint density at radius 2 is 1.94 bits per heavy atom. The third kappa shape index (κ3) is 4.77. The maximum Gasteiger partial charge on any atom is 0.316 e. The van der Waals surface area contributed by atoms with Crippen LogP contribution < -0.4 is 0 Å². The molecule has 8 atom stereocenters. The lowest BCUT2D eigenvalue weighted by Crippen LogP contribution is -2.58. The third-order valence-electron chi connectivity index (χ3n) is 9.82. The predicted molar refractivity (Wildman–Crippen MR) is 141 cm³/mol. The van der Waals surface area contributed by atoms with Crippen LogP contribution in [0.4, 0.5) is 0 Å². The van der Waals surface area contributed by atoms with Crippen LogP contribution in [0.25, 0.3) is 0 Å². The Morgan fingerprint density at radius 3 is 2.56 bits per heavy atom. The van der Waals surface area contributed by atoms with Crippen LogP contribution >= 0.6 is 11.8 Å². The van der Waals surface area contributed by atoms with Gasteiger partial charge in [0.25, 0.3) is 0 Å². The number of nitrogens with zero attached hydrogens (tertiary/aromatic N) is 1. The normalized spacial score (nSPS) is 41.9. The average Bonchev–Trinajstić information content (AvgIpc) is 3.17. The number of aliphatic hydroxyl groups excluding tert-OH is 2. The molecule has 0 aromatic carbocycles. The fraction of sp³-hybridized carbons (Fsp3) is 0.821. The number of carbonyl (C=O) groups excluding carboxylic acids is 1. The van der Waals surface area contributed by atoms with Crippen molar-refractivity contribution in [1.82, 2.24) is 4.90 Å². The molecular weight excluding hydrogens is 446 g/mol. The summed E-state index contributed by atoms with van der Waals surface area (Å²) in [6, 6.07) is 0. The molecule has 0 aromatic heterocycles. The van der Waals surface area contributed by atoms with Crippen LogP contribution in [0.1, 0.15) is 67.2 Å². The van der Waals surface area contributed by atoms with Crippen LogP contribution in [0.3, 0.4) is 0 Å². The topological polar surface area (TPSA) is 70.0 Å². The number of hydrogen-bond acceptors (Lipinski definition) is 6. The Hall–Kier alpha value is -0.820. The molecule has 2 unspecified atom stereocenters. The second-order valence-corrected chi connectivity index (χ2v) is 12.5. The molecule has 5 nitrogen and oxygen atoms in total. The molecule has 0 aliphatic heterocycles. The van der Waals surface area contributed by atoms with Gasteiger partial charge in [0.2, 0.25) is 0 Å². The van der Waals surface area contributed by atoms with Crippen LogP contribution in [0, 0.1) is 28.1 Å². The molecule has 2 N–H and O–H groups in total. The first-order valence-electron chi connectivity index (χ1n) is 13.2. The summed E-state index contributed by atoms with van der Waals surface area (Å²) in [6.07, 6.45) is 5.47. The standard InChI is InChI=1S/C28H47NO4S/c1-8-26(6)17-23(33-24(31)18-34-14-13-29(9-2)10-3)27(7)19(4)11-12-28(20(5)25(26)32)16-21(30)15-22(27)28/h8,15,19-21,23,25,30,32H,1,9-14,16-18H2,2-7H3/t19?,20-,21?,23+,25-,26+,27+,28-/m0/s1. The van der Waals surface area contributed by atoms with Crippen molar-refractivity contribution in [3.05, 3.63) is 24.3 Å². The molecule has 0 aromatic rings. The van der Waals surface area contributed by atoms with Gasteiger partial charge in [-0.25, -0.2) is 0 Å². The van der Waals surface area contributed by atoms with Crippen LogP contribution in [0.15, 0.2) is 24.3 Å². The minimum Gasteiger partial charge on any atom is -0.461 e. The smallest absolute Gasteiger partial charge is 0.316 e. The van der Waals surface area contributed by atoms with E-state index in [2.05, 4.69) is 46.1 Å². The van der Waals surface area contributed by atoms with Crippen molar-refractivity contribution in [2.45, 2.75) is 85.5 Å². The van der Waals surface area contributed by atoms with E-state index in [1.807, 2.05) is 19.1 Å². The Kier molecular flexibility index (Phi) is 8.70. The number of aliphatic hydroxyl groups is 2. The maximum atomic E-state index is 13.1. The summed E-state index contributed by atoms with van der Waals surface area (Å²) in [4.78, 5) is 15.4. The van der Waals surface area contributed by atoms with Crippen LogP contribution in [0.2, 0.25) is 0 Å². The van der Waals surface area contributed by atoms with Gasteiger partial charge in [-0.3, -0.25) is 4.79 Å². The second-order valence-electron chi connectivity index (χ2n) is 11.4. The van der Waals surface area contributed by atoms with Gasteiger partial charge in [-0.05, 0) is 56.0 Å². The average molecular weight is 494 g/mol. The van der Waals surface area contributed by atoms with Gasteiger partial charge in [0.15, 0.2) is 0 Å². The van der Waals surface area contributed by atoms with Crippen LogP contribution in [-0.2, 0) is 9.53 Å². The summed E-state index contributed by atoms with van der Waals surface area (Å²) < 4.78 is 6.31. The highest BCUT2D eigenvalue weighted by Crippen LogP contribution is 2.67. The first-order chi connectivity index (χ1) is 16.0. The molecule has 0 amide bonds. The molecule has 34 heavy (non-hydrogen) atoms. The maximum absolute atomic E-state index is 13.1. The Labute approximate surface area is 211 Å². The van der Waals surface area contributed by atoms with Crippen LogP contribution in [0.5, 0.6) is 0 Å². The van der Waals surface area contributed by atoms with E-state index in [-0.39, 0.29) is 28.8 Å². The van der Waals surface area contributed by atoms with Crippen molar-refractivity contribution in [2.75, 3.05) is 31.1 Å². The zero-order valence-electron chi connectivity index (χ0n) is 22.2. The van der Waals surface area contributed by atoms with Crippen molar-refractivity contribution in [1.29, 1.82) is 0 Å². The quantitative estimate of drug-likeness (QED) is 0.276. The Balaban J connectivity index is 1.88. The van der Waals surface area contributed by atoms with Gasteiger partial charge in [-0.1, -0.05) is 59.3 Å². The SMILES string of the molecule is C=C[C@]1(C)C[C@@H](OC(=O)CSCCN(CC)CC)[C@@]2(C)C3=CC(O)C[C@@]3(CCC2C)[C@@H](C)[C@@H]1O. The largest absolute Gasteiger partial charge is 0.461 e. The first-order valence-corrected chi connectivity index (χ1v) is 14.4. The zero-order chi connectivity index (χ0) is 25.3. The van der Waals surface area contributed by atoms with E-state index in [1.165, 1.54) is 5.57 Å². The lowest BCUT2D eigenvalue weighted by atomic mass is 9.46. The van der Waals surface area contributed by atoms with Gasteiger partial charge < -0.3 is 19.8 Å². The minimum absolute atomic E-state index is 0.0157. The Bertz CT molecular complexity index is 782. The number of ether oxygens (including phenoxy) is 1. The van der Waals surface area contributed by atoms with Crippen molar-refractivity contribution in [3.63, 3.8) is 0 Å². The summed E-state index contributed by atoms with van der Waals surface area (Å²) in [5, 5.41) is 22.4. The molecule has 6 heteroatoms. The van der Waals surface area contributed by atoms with Gasteiger partial charge in [-0.15, -0.1) is 18.3 Å². The molecule has 2 saturated carbocycles. The van der Waals surface area contributed by atoms with Gasteiger partial charge >= 0.3 is 5.97 Å². The van der Waals surface area contributed by atoms with E-state index >= 15 is 0 Å². The van der Waals surface area contributed by atoms with Crippen molar-refractivity contribution >= 4 is 17.7 Å². The van der Waals surface area contributed by atoms with Gasteiger partial charge in [-0.2, -0.15) is 0 Å². The summed E-state index contributed by atoms with van der Waals surface area (Å²) in [7, 11) is 0. The van der Waals surface area contributed by atoms with Crippen molar-refractivity contribution < 1.29 is 19.7 Å². The molecule has 0 heterocycles. The summed E-state index contributed by atoms with van der Waals surface area (Å²) in [5.74, 6) is 1.34. The van der Waals surface area contributed by atoms with Crippen molar-refractivity contribution in [2.24, 2.45) is 28.1 Å². The Morgan fingerprint density at radius 1 is 1.26 bits per heavy atom. The monoisotopic (exact) mass is 493 g/mol. The number of thioether (sulfide) groups is 1. The molecule has 2 bridgehead atoms. The van der Waals surface area contributed by atoms with E-state index in [9.17, 15) is 15.0 Å². The number of hydrogen-bond donors (Lipinski definition) is 2. The number of esters is 1. The van der Waals surface area contributed by atoms with E-state index in [1.54, 1.807) is 11.8 Å². The van der Waals surface area contributed by atoms with Gasteiger partial charge in [0, 0.05) is 23.1 Å². The molecule has 3 aliphatic rings. The lowest BCUT2D eigenvalue weighted by Gasteiger charge is -2.60. The van der Waals surface area contributed by atoms with Crippen LogP contribution in [-0.4, -0.2) is 70.5 Å². The first kappa shape index (κ1) is 27.8. The predicted octanol–water partition coefficient (Wildman–Crippen LogP) is 4.68. The van der Waals surface area contributed by atoms with Gasteiger partial charge in [0.1, 0.15) is 6.10 Å². The van der Waals surface area contributed by atoms with Gasteiger partial charge in [0.05, 0.1) is 18.0 Å². The van der Waals surface area contributed by atoms with Crippen molar-refractivity contribution in [3.8, 4) is 0 Å². The molecule has 194 valence electrons. The molecule has 0 radical (unpaired) electrons. The highest BCUT2D eigenvalue weighted by Gasteiger charge is 2.63. The highest BCUT2D eigenvalue weighted by atomic mass is 32.2. The third-order valence-corrected chi connectivity index (χ3v) is 10.7. The molecule has 3 aliphatic carbocycles. The van der Waals surface area contributed by atoms with E-state index < -0.39 is 17.6 Å². The van der Waals surface area contributed by atoms with E-state index in [4.69, 9.17) is 4.74 Å². The summed E-state index contributed by atoms with van der Waals surface area (Å²) in [5.41, 5.74) is -0.0231. The molecule has 0 saturated heterocycles. The van der Waals surface area contributed by atoms with E-state index in [0.717, 1.165) is 38.2 Å². The summed E-state index contributed by atoms with van der Waals surface area (Å²) in [6.45, 7) is 20.1. The molecular formula is C28H47NO4S. The number of rotatable bonds is 9. The second kappa shape index (κ2) is 10.7. The molecule has 0 spiro atoms. The molecule has 3 rings (SSSR count). The number of carbonyl (C=O) groups is 1. The summed E-state index contributed by atoms with van der Waals surface area (Å²) >= 11 is 1.63. The minimum atomic E-state index is -0.624. The fourth-order valence-corrected chi connectivity index (χ4v) is 7.86. The van der Waals surface area contributed by atoms with E-state index in [0.29, 0.717) is 24.5 Å². The highest BCUT2D eigenvalue weighted by molar-refractivity contribution is 7.99.